The summed E-state index contributed by atoms with van der Waals surface area (Å²) in [5, 5.41) is 8.74. The topological polar surface area (TPSA) is 144 Å². The van der Waals surface area contributed by atoms with Gasteiger partial charge in [-0.3, -0.25) is 24.1 Å². The molecule has 13 heteroatoms. The monoisotopic (exact) mass is 877 g/mol. The molecule has 0 spiro atoms. The molecule has 2 saturated heterocycles. The molecular weight excluding hydrogens is 819 g/mol. The van der Waals surface area contributed by atoms with Crippen LogP contribution in [-0.4, -0.2) is 89.8 Å². The van der Waals surface area contributed by atoms with Gasteiger partial charge in [0.15, 0.2) is 0 Å². The number of alkyl carbamates (subject to hydrolysis) is 1. The van der Waals surface area contributed by atoms with E-state index in [4.69, 9.17) is 4.74 Å². The number of amides is 5. The van der Waals surface area contributed by atoms with Crippen molar-refractivity contribution >= 4 is 46.8 Å². The van der Waals surface area contributed by atoms with Crippen LogP contribution in [0.4, 0.5) is 21.9 Å². The van der Waals surface area contributed by atoms with Crippen LogP contribution in [0, 0.1) is 0 Å². The molecule has 2 aliphatic rings. The maximum atomic E-state index is 14.2. The van der Waals surface area contributed by atoms with E-state index in [9.17, 15) is 24.0 Å². The Morgan fingerprint density at radius 3 is 1.51 bits per heavy atom. The van der Waals surface area contributed by atoms with Crippen molar-refractivity contribution in [1.29, 1.82) is 0 Å². The van der Waals surface area contributed by atoms with E-state index < -0.39 is 30.3 Å². The lowest BCUT2D eigenvalue weighted by atomic mass is 10.0. The zero-order chi connectivity index (χ0) is 45.7. The Kier molecular flexibility index (Phi) is 15.6. The number of methoxy groups -OCH3 is 1. The van der Waals surface area contributed by atoms with Gasteiger partial charge in [0, 0.05) is 43.2 Å². The van der Waals surface area contributed by atoms with E-state index in [-0.39, 0.29) is 23.6 Å². The summed E-state index contributed by atoms with van der Waals surface area (Å²) < 4.78 is 4.79. The number of ether oxygens (including phenoxy) is 1. The molecule has 2 fully saturated rings. The first-order valence-electron chi connectivity index (χ1n) is 22.6. The minimum Gasteiger partial charge on any atom is -0.453 e. The third-order valence-electron chi connectivity index (χ3n) is 12.3. The summed E-state index contributed by atoms with van der Waals surface area (Å²) >= 11 is 0. The van der Waals surface area contributed by atoms with Crippen LogP contribution in [0.3, 0.4) is 0 Å². The molecule has 13 nitrogen and oxygen atoms in total. The average Bonchev–Trinajstić information content (AvgIpc) is 4.06. The Bertz CT molecular complexity index is 2360. The molecule has 65 heavy (non-hydrogen) atoms. The molecule has 4 atom stereocenters. The molecule has 0 bridgehead atoms. The van der Waals surface area contributed by atoms with Gasteiger partial charge < -0.3 is 35.4 Å². The summed E-state index contributed by atoms with van der Waals surface area (Å²) in [6.07, 6.45) is 1.81. The van der Waals surface area contributed by atoms with E-state index in [1.54, 1.807) is 29.2 Å². The molecule has 338 valence electrons. The summed E-state index contributed by atoms with van der Waals surface area (Å²) in [6.45, 7) is 7.66. The molecule has 2 heterocycles. The Labute approximate surface area is 381 Å². The van der Waals surface area contributed by atoms with E-state index >= 15 is 0 Å². The predicted octanol–water partition coefficient (Wildman–Crippen LogP) is 7.93. The second-order valence-electron chi connectivity index (χ2n) is 16.5. The lowest BCUT2D eigenvalue weighted by Crippen LogP contribution is -2.48. The average molecular weight is 878 g/mol. The van der Waals surface area contributed by atoms with E-state index in [1.807, 2.05) is 103 Å². The zero-order valence-corrected chi connectivity index (χ0v) is 37.4. The molecular formula is C52H59N7O6. The number of carbonyl (C=O) groups is 5. The highest BCUT2D eigenvalue weighted by atomic mass is 16.5. The van der Waals surface area contributed by atoms with Crippen molar-refractivity contribution in [2.75, 3.05) is 48.8 Å². The maximum absolute atomic E-state index is 14.2. The lowest BCUT2D eigenvalue weighted by Gasteiger charge is -2.34. The number of carbonyl (C=O) groups excluding carboxylic acids is 5. The second kappa shape index (κ2) is 22.1. The first kappa shape index (κ1) is 46.0. The molecule has 0 aromatic heterocycles. The van der Waals surface area contributed by atoms with Crippen molar-refractivity contribution in [3.05, 3.63) is 162 Å². The SMILES string of the molecule is CCN(CC)C(C(=O)N1CCCC1C(=O)Nc1ccc(CN(Cc2ccc(NC(=O)C3CCCN3C(=O)C(NC(=O)OC)c3ccccc3)cc2)c2ccccc2)cc1)c1ccccc1. The van der Waals surface area contributed by atoms with E-state index in [0.717, 1.165) is 41.9 Å². The summed E-state index contributed by atoms with van der Waals surface area (Å²) in [7, 11) is 1.24. The third kappa shape index (κ3) is 11.4. The minimum atomic E-state index is -0.995. The number of para-hydroxylation sites is 1. The van der Waals surface area contributed by atoms with Crippen molar-refractivity contribution < 1.29 is 28.7 Å². The molecule has 5 aromatic rings. The highest BCUT2D eigenvalue weighted by molar-refractivity contribution is 5.99. The standard InChI is InChI=1S/C52H59N7O6/c1-4-56(5-2)47(40-19-11-7-12-20-40)51(63)59-34-16-24-45(59)49(61)54-42-31-27-38(28-32-42)36-57(43-21-13-8-14-22-43)35-37-25-29-41(30-26-37)53-48(60)44-23-15-33-58(44)50(62)46(55-52(64)65-3)39-17-9-6-10-18-39/h6-14,17-22,25-32,44-47H,4-5,15-16,23-24,33-36H2,1-3H3,(H,53,60)(H,54,61)(H,55,64). The number of anilines is 3. The van der Waals surface area contributed by atoms with Gasteiger partial charge in [-0.05, 0) is 97.4 Å². The number of hydrogen-bond donors (Lipinski definition) is 3. The van der Waals surface area contributed by atoms with Gasteiger partial charge in [-0.15, -0.1) is 0 Å². The van der Waals surface area contributed by atoms with Crippen molar-refractivity contribution in [2.45, 2.75) is 76.8 Å². The molecule has 2 aliphatic heterocycles. The Hall–Kier alpha value is -6.99. The fourth-order valence-corrected chi connectivity index (χ4v) is 8.93. The molecule has 3 N–H and O–H groups in total. The van der Waals surface area contributed by atoms with Gasteiger partial charge in [-0.25, -0.2) is 4.79 Å². The summed E-state index contributed by atoms with van der Waals surface area (Å²) in [4.78, 5) is 75.3. The number of nitrogens with zero attached hydrogens (tertiary/aromatic N) is 4. The van der Waals surface area contributed by atoms with Crippen LogP contribution in [0.5, 0.6) is 0 Å². The van der Waals surface area contributed by atoms with Gasteiger partial charge in [-0.2, -0.15) is 0 Å². The Balaban J connectivity index is 0.976. The fraction of sp³-hybridized carbons (Fsp3) is 0.327. The number of rotatable bonds is 17. The molecule has 0 saturated carbocycles. The van der Waals surface area contributed by atoms with Gasteiger partial charge in [0.25, 0.3) is 5.91 Å². The van der Waals surface area contributed by atoms with Crippen molar-refractivity contribution in [2.24, 2.45) is 0 Å². The highest BCUT2D eigenvalue weighted by Gasteiger charge is 2.40. The van der Waals surface area contributed by atoms with Crippen molar-refractivity contribution in [3.63, 3.8) is 0 Å². The molecule has 0 aliphatic carbocycles. The van der Waals surface area contributed by atoms with Crippen LogP contribution in [0.15, 0.2) is 140 Å². The van der Waals surface area contributed by atoms with Gasteiger partial charge in [-0.1, -0.05) is 117 Å². The van der Waals surface area contributed by atoms with Gasteiger partial charge in [0.2, 0.25) is 17.7 Å². The molecule has 0 radical (unpaired) electrons. The molecule has 7 rings (SSSR count). The number of benzene rings is 5. The van der Waals surface area contributed by atoms with E-state index in [1.165, 1.54) is 12.0 Å². The first-order chi connectivity index (χ1) is 31.7. The summed E-state index contributed by atoms with van der Waals surface area (Å²) in [5.74, 6) is -0.885. The second-order valence-corrected chi connectivity index (χ2v) is 16.5. The fourth-order valence-electron chi connectivity index (χ4n) is 8.93. The Morgan fingerprint density at radius 1 is 0.600 bits per heavy atom. The van der Waals surface area contributed by atoms with Crippen LogP contribution in [0.2, 0.25) is 0 Å². The summed E-state index contributed by atoms with van der Waals surface area (Å²) in [5.41, 5.74) is 5.92. The first-order valence-corrected chi connectivity index (χ1v) is 22.6. The highest BCUT2D eigenvalue weighted by Crippen LogP contribution is 2.30. The van der Waals surface area contributed by atoms with Crippen LogP contribution >= 0.6 is 0 Å². The van der Waals surface area contributed by atoms with E-state index in [2.05, 4.69) is 51.7 Å². The lowest BCUT2D eigenvalue weighted by molar-refractivity contribution is -0.141. The van der Waals surface area contributed by atoms with E-state index in [0.29, 0.717) is 62.4 Å². The van der Waals surface area contributed by atoms with Crippen LogP contribution in [0.25, 0.3) is 0 Å². The molecule has 5 amide bonds. The Morgan fingerprint density at radius 2 is 1.05 bits per heavy atom. The van der Waals surface area contributed by atoms with Crippen LogP contribution in [0.1, 0.15) is 73.9 Å². The molecule has 4 unspecified atom stereocenters. The predicted molar refractivity (Wildman–Crippen MR) is 253 cm³/mol. The number of hydrogen-bond acceptors (Lipinski definition) is 8. The quantitative estimate of drug-likeness (QED) is 0.0855. The van der Waals surface area contributed by atoms with Gasteiger partial charge in [0.05, 0.1) is 7.11 Å². The number of likely N-dealkylation sites (tertiary alicyclic amines) is 2. The van der Waals surface area contributed by atoms with Crippen molar-refractivity contribution in [3.8, 4) is 0 Å². The summed E-state index contributed by atoms with van der Waals surface area (Å²) in [6, 6.07) is 41.7. The number of nitrogens with one attached hydrogen (secondary N) is 3. The van der Waals surface area contributed by atoms with Gasteiger partial charge in [0.1, 0.15) is 24.2 Å². The van der Waals surface area contributed by atoms with Crippen molar-refractivity contribution in [1.82, 2.24) is 20.0 Å². The smallest absolute Gasteiger partial charge is 0.407 e. The normalized spacial score (nSPS) is 16.7. The number of likely N-dealkylation sites (N-methyl/N-ethyl adjacent to an activating group) is 1. The van der Waals surface area contributed by atoms with Gasteiger partial charge >= 0.3 is 6.09 Å². The maximum Gasteiger partial charge on any atom is 0.407 e. The van der Waals surface area contributed by atoms with Crippen LogP contribution in [-0.2, 0) is 37.0 Å². The molecule has 5 aromatic carbocycles. The zero-order valence-electron chi connectivity index (χ0n) is 37.4. The third-order valence-corrected chi connectivity index (χ3v) is 12.3. The largest absolute Gasteiger partial charge is 0.453 e. The van der Waals surface area contributed by atoms with Crippen LogP contribution < -0.4 is 20.9 Å². The minimum absolute atomic E-state index is 0.0395.